The first kappa shape index (κ1) is 25.2. The lowest BCUT2D eigenvalue weighted by molar-refractivity contribution is 0.105. The van der Waals surface area contributed by atoms with Crippen LogP contribution in [0.3, 0.4) is 0 Å². The third kappa shape index (κ3) is 16.1. The van der Waals surface area contributed by atoms with E-state index in [2.05, 4.69) is 19.1 Å². The highest BCUT2D eigenvalue weighted by Crippen LogP contribution is 2.14. The van der Waals surface area contributed by atoms with Gasteiger partial charge in [0.2, 0.25) is 0 Å². The molecule has 0 aromatic heterocycles. The highest BCUT2D eigenvalue weighted by Gasteiger charge is 2.03. The molecular weight excluding hydrogens is 342 g/mol. The summed E-state index contributed by atoms with van der Waals surface area (Å²) in [5.74, 6) is 0. The molecule has 2 heteroatoms. The zero-order valence-electron chi connectivity index (χ0n) is 18.7. The summed E-state index contributed by atoms with van der Waals surface area (Å²) in [7, 11) is 0. The zero-order valence-corrected chi connectivity index (χ0v) is 18.7. The van der Waals surface area contributed by atoms with Crippen LogP contribution < -0.4 is 5.73 Å². The lowest BCUT2D eigenvalue weighted by Crippen LogP contribution is -2.25. The zero-order chi connectivity index (χ0) is 20.1. The van der Waals surface area contributed by atoms with Gasteiger partial charge in [-0.15, -0.1) is 0 Å². The molecule has 0 amide bonds. The van der Waals surface area contributed by atoms with Gasteiger partial charge in [-0.05, 0) is 12.0 Å². The number of hydrogen-bond acceptors (Lipinski definition) is 2. The molecule has 2 nitrogen and oxygen atoms in total. The van der Waals surface area contributed by atoms with Gasteiger partial charge >= 0.3 is 0 Å². The van der Waals surface area contributed by atoms with Crippen molar-refractivity contribution in [2.45, 2.75) is 122 Å². The summed E-state index contributed by atoms with van der Waals surface area (Å²) in [5.41, 5.74) is 7.39. The predicted octanol–water partition coefficient (Wildman–Crippen LogP) is 7.79. The highest BCUT2D eigenvalue weighted by atomic mass is 16.5. The average molecular weight is 390 g/mol. The molecule has 0 saturated heterocycles. The molecular formula is C26H47NO. The van der Waals surface area contributed by atoms with E-state index in [1.165, 1.54) is 102 Å². The third-order valence-electron chi connectivity index (χ3n) is 5.62. The Bertz CT molecular complexity index is 420. The van der Waals surface area contributed by atoms with Crippen molar-refractivity contribution in [2.24, 2.45) is 5.73 Å². The van der Waals surface area contributed by atoms with Gasteiger partial charge in [-0.25, -0.2) is 0 Å². The fraction of sp³-hybridized carbons (Fsp3) is 0.769. The molecule has 0 aliphatic carbocycles. The second-order valence-corrected chi connectivity index (χ2v) is 8.50. The van der Waals surface area contributed by atoms with Crippen LogP contribution in [0.2, 0.25) is 0 Å². The fourth-order valence-electron chi connectivity index (χ4n) is 3.76. The molecule has 0 bridgehead atoms. The van der Waals surface area contributed by atoms with E-state index in [4.69, 9.17) is 10.5 Å². The molecule has 162 valence electrons. The van der Waals surface area contributed by atoms with Crippen LogP contribution >= 0.6 is 0 Å². The van der Waals surface area contributed by atoms with E-state index < -0.39 is 0 Å². The molecule has 1 aromatic carbocycles. The maximum atomic E-state index is 6.17. The van der Waals surface area contributed by atoms with E-state index in [9.17, 15) is 0 Å². The van der Waals surface area contributed by atoms with Gasteiger partial charge in [0, 0.05) is 6.04 Å². The van der Waals surface area contributed by atoms with Crippen LogP contribution in [0.4, 0.5) is 0 Å². The number of ether oxygens (including phenoxy) is 1. The Morgan fingerprint density at radius 3 is 1.64 bits per heavy atom. The van der Waals surface area contributed by atoms with E-state index in [0.29, 0.717) is 13.2 Å². The van der Waals surface area contributed by atoms with Crippen LogP contribution in [0.5, 0.6) is 0 Å². The summed E-state index contributed by atoms with van der Waals surface area (Å²) in [5, 5.41) is 0. The molecule has 0 fully saturated rings. The van der Waals surface area contributed by atoms with E-state index in [0.717, 1.165) is 6.42 Å². The van der Waals surface area contributed by atoms with Crippen LogP contribution in [0.25, 0.3) is 0 Å². The van der Waals surface area contributed by atoms with Crippen molar-refractivity contribution in [2.75, 3.05) is 6.61 Å². The van der Waals surface area contributed by atoms with E-state index >= 15 is 0 Å². The summed E-state index contributed by atoms with van der Waals surface area (Å²) in [6, 6.07) is 10.5. The Hall–Kier alpha value is -0.860. The number of benzene rings is 1. The van der Waals surface area contributed by atoms with Gasteiger partial charge in [0.25, 0.3) is 0 Å². The smallest absolute Gasteiger partial charge is 0.0717 e. The largest absolute Gasteiger partial charge is 0.375 e. The summed E-state index contributed by atoms with van der Waals surface area (Å²) < 4.78 is 5.73. The van der Waals surface area contributed by atoms with E-state index in [1.54, 1.807) is 0 Å². The van der Waals surface area contributed by atoms with Crippen LogP contribution in [0.1, 0.15) is 115 Å². The second-order valence-electron chi connectivity index (χ2n) is 8.50. The van der Waals surface area contributed by atoms with Gasteiger partial charge in [0.1, 0.15) is 0 Å². The lowest BCUT2D eigenvalue weighted by atomic mass is 10.0. The number of rotatable bonds is 20. The van der Waals surface area contributed by atoms with Crippen LogP contribution in [-0.2, 0) is 11.3 Å². The van der Waals surface area contributed by atoms with Crippen LogP contribution in [-0.4, -0.2) is 12.6 Å². The lowest BCUT2D eigenvalue weighted by Gasteiger charge is -2.12. The molecule has 0 heterocycles. The van der Waals surface area contributed by atoms with Gasteiger partial charge in [0.05, 0.1) is 13.2 Å². The Balaban J connectivity index is 1.75. The number of hydrogen-bond donors (Lipinski definition) is 1. The normalized spacial score (nSPS) is 12.4. The van der Waals surface area contributed by atoms with Gasteiger partial charge in [-0.3, -0.25) is 0 Å². The van der Waals surface area contributed by atoms with Gasteiger partial charge in [-0.2, -0.15) is 0 Å². The quantitative estimate of drug-likeness (QED) is 0.231. The van der Waals surface area contributed by atoms with Crippen molar-refractivity contribution in [3.05, 3.63) is 35.9 Å². The van der Waals surface area contributed by atoms with Gasteiger partial charge in [-0.1, -0.05) is 134 Å². The van der Waals surface area contributed by atoms with Crippen molar-refractivity contribution < 1.29 is 4.74 Å². The Labute approximate surface area is 175 Å². The standard InChI is InChI=1S/C26H47NO/c1-2-3-4-5-6-7-8-9-10-11-12-13-14-15-19-22-26(27)24-28-23-25-20-17-16-18-21-25/h16-18,20-21,26H,2-15,19,22-24,27H2,1H3. The van der Waals surface area contributed by atoms with Crippen LogP contribution in [0, 0.1) is 0 Å². The van der Waals surface area contributed by atoms with Crippen molar-refractivity contribution >= 4 is 0 Å². The summed E-state index contributed by atoms with van der Waals surface area (Å²) in [6.07, 6.45) is 22.2. The average Bonchev–Trinajstić information content (AvgIpc) is 2.71. The SMILES string of the molecule is CCCCCCCCCCCCCCCCCC(N)COCc1ccccc1. The molecule has 2 N–H and O–H groups in total. The Morgan fingerprint density at radius 2 is 1.14 bits per heavy atom. The molecule has 0 aliphatic heterocycles. The number of unbranched alkanes of at least 4 members (excludes halogenated alkanes) is 14. The van der Waals surface area contributed by atoms with Crippen molar-refractivity contribution in [1.82, 2.24) is 0 Å². The first-order valence-electron chi connectivity index (χ1n) is 12.2. The summed E-state index contributed by atoms with van der Waals surface area (Å²) >= 11 is 0. The molecule has 0 spiro atoms. The molecule has 1 atom stereocenters. The topological polar surface area (TPSA) is 35.2 Å². The highest BCUT2D eigenvalue weighted by molar-refractivity contribution is 5.13. The van der Waals surface area contributed by atoms with Gasteiger partial charge < -0.3 is 10.5 Å². The van der Waals surface area contributed by atoms with E-state index in [-0.39, 0.29) is 6.04 Å². The first-order valence-corrected chi connectivity index (χ1v) is 12.2. The molecule has 1 unspecified atom stereocenters. The first-order chi connectivity index (χ1) is 13.8. The molecule has 28 heavy (non-hydrogen) atoms. The van der Waals surface area contributed by atoms with E-state index in [1.807, 2.05) is 18.2 Å². The molecule has 0 aliphatic rings. The predicted molar refractivity (Wildman–Crippen MR) is 124 cm³/mol. The minimum Gasteiger partial charge on any atom is -0.375 e. The number of nitrogens with two attached hydrogens (primary N) is 1. The third-order valence-corrected chi connectivity index (χ3v) is 5.62. The van der Waals surface area contributed by atoms with Crippen molar-refractivity contribution in [1.29, 1.82) is 0 Å². The Kier molecular flexibility index (Phi) is 17.5. The van der Waals surface area contributed by atoms with Crippen LogP contribution in [0.15, 0.2) is 30.3 Å². The molecule has 0 radical (unpaired) electrons. The fourth-order valence-corrected chi connectivity index (χ4v) is 3.76. The monoisotopic (exact) mass is 389 g/mol. The minimum absolute atomic E-state index is 0.186. The molecule has 1 rings (SSSR count). The maximum absolute atomic E-state index is 6.17. The molecule has 0 saturated carbocycles. The summed E-state index contributed by atoms with van der Waals surface area (Å²) in [4.78, 5) is 0. The van der Waals surface area contributed by atoms with Gasteiger partial charge in [0.15, 0.2) is 0 Å². The second kappa shape index (κ2) is 19.5. The van der Waals surface area contributed by atoms with Crippen molar-refractivity contribution in [3.63, 3.8) is 0 Å². The van der Waals surface area contributed by atoms with Crippen molar-refractivity contribution in [3.8, 4) is 0 Å². The maximum Gasteiger partial charge on any atom is 0.0717 e. The molecule has 1 aromatic rings. The Morgan fingerprint density at radius 1 is 0.679 bits per heavy atom. The summed E-state index contributed by atoms with van der Waals surface area (Å²) in [6.45, 7) is 3.64. The minimum atomic E-state index is 0.186.